The average molecular weight is 1360 g/mol. The van der Waals surface area contributed by atoms with E-state index in [9.17, 15) is 45.6 Å². The number of amides is 1. The molecule has 0 aliphatic carbocycles. The van der Waals surface area contributed by atoms with Crippen LogP contribution >= 0.6 is 0 Å². The van der Waals surface area contributed by atoms with E-state index in [0.717, 1.165) is 38.5 Å². The molecule has 12 unspecified atom stereocenters. The first-order chi connectivity index (χ1) is 47.1. The maximum Gasteiger partial charge on any atom is 0.220 e. The van der Waals surface area contributed by atoms with Crippen molar-refractivity contribution in [2.45, 2.75) is 447 Å². The van der Waals surface area contributed by atoms with Crippen LogP contribution in [0.5, 0.6) is 0 Å². The van der Waals surface area contributed by atoms with Crippen molar-refractivity contribution in [1.29, 1.82) is 0 Å². The molecular weight excluding hydrogens is 1210 g/mol. The predicted molar refractivity (Wildman–Crippen MR) is 397 cm³/mol. The van der Waals surface area contributed by atoms with E-state index < -0.39 is 86.8 Å². The highest BCUT2D eigenvalue weighted by Crippen LogP contribution is 2.30. The van der Waals surface area contributed by atoms with Gasteiger partial charge in [-0.2, -0.15) is 0 Å². The van der Waals surface area contributed by atoms with Gasteiger partial charge in [-0.25, -0.2) is 0 Å². The molecule has 0 bridgehead atoms. The van der Waals surface area contributed by atoms with E-state index in [1.807, 2.05) is 6.08 Å². The number of allylic oxidation sites excluding steroid dienone is 7. The van der Waals surface area contributed by atoms with Gasteiger partial charge in [0.15, 0.2) is 12.6 Å². The summed E-state index contributed by atoms with van der Waals surface area (Å²) in [5.41, 5.74) is 0. The van der Waals surface area contributed by atoms with Gasteiger partial charge in [-0.15, -0.1) is 0 Å². The first-order valence-corrected chi connectivity index (χ1v) is 40.9. The SMILES string of the molecule is CCCCCCC/C=C\C/C=C\CCCCCCCCCCCCCCCCCCCCCC(=O)NC(COC1OC(CO)C(OC2OC(CO)C(O)C(O)C2O)C(O)C1O)C(O)/C=C/CC/C=C/CCCCCCCCCCCCCCCCCCCCCCCCCCC. The van der Waals surface area contributed by atoms with Crippen molar-refractivity contribution in [3.05, 3.63) is 48.6 Å². The molecule has 12 atom stereocenters. The van der Waals surface area contributed by atoms with Crippen molar-refractivity contribution in [3.63, 3.8) is 0 Å². The van der Waals surface area contributed by atoms with E-state index in [-0.39, 0.29) is 18.9 Å². The molecule has 2 aliphatic rings. The molecule has 2 heterocycles. The first kappa shape index (κ1) is 90.0. The number of aliphatic hydroxyl groups excluding tert-OH is 8. The van der Waals surface area contributed by atoms with Crippen LogP contribution in [0.2, 0.25) is 0 Å². The maximum absolute atomic E-state index is 13.4. The molecule has 9 N–H and O–H groups in total. The van der Waals surface area contributed by atoms with Gasteiger partial charge in [0.1, 0.15) is 48.8 Å². The molecule has 564 valence electrons. The molecule has 2 rings (SSSR count). The summed E-state index contributed by atoms with van der Waals surface area (Å²) in [4.78, 5) is 13.4. The molecule has 0 radical (unpaired) electrons. The molecule has 1 amide bonds. The van der Waals surface area contributed by atoms with Gasteiger partial charge in [0.2, 0.25) is 5.91 Å². The molecule has 2 fully saturated rings. The number of rotatable bonds is 69. The van der Waals surface area contributed by atoms with E-state index >= 15 is 0 Å². The molecule has 0 aromatic carbocycles. The van der Waals surface area contributed by atoms with Crippen LogP contribution in [-0.2, 0) is 23.7 Å². The highest BCUT2D eigenvalue weighted by Gasteiger charge is 2.51. The molecule has 14 nitrogen and oxygen atoms in total. The number of carbonyl (C=O) groups is 1. The highest BCUT2D eigenvalue weighted by atomic mass is 16.7. The van der Waals surface area contributed by atoms with Crippen LogP contribution in [-0.4, -0.2) is 140 Å². The van der Waals surface area contributed by atoms with Crippen LogP contribution < -0.4 is 5.32 Å². The Labute approximate surface area is 588 Å². The minimum atomic E-state index is -1.79. The van der Waals surface area contributed by atoms with Gasteiger partial charge in [-0.3, -0.25) is 4.79 Å². The highest BCUT2D eigenvalue weighted by molar-refractivity contribution is 5.76. The summed E-state index contributed by atoms with van der Waals surface area (Å²) in [6.45, 7) is 2.83. The number of hydrogen-bond acceptors (Lipinski definition) is 13. The molecule has 14 heteroatoms. The van der Waals surface area contributed by atoms with Gasteiger partial charge in [0.05, 0.1) is 32.0 Å². The average Bonchev–Trinajstić information content (AvgIpc) is 0.797. The second-order valence-electron chi connectivity index (χ2n) is 28.9. The molecule has 0 aromatic heterocycles. The monoisotopic (exact) mass is 1360 g/mol. The summed E-state index contributed by atoms with van der Waals surface area (Å²) in [6.07, 6.45) is 72.0. The zero-order valence-electron chi connectivity index (χ0n) is 61.9. The van der Waals surface area contributed by atoms with Gasteiger partial charge in [-0.05, 0) is 64.2 Å². The molecule has 0 aromatic rings. The quantitative estimate of drug-likeness (QED) is 0.0204. The van der Waals surface area contributed by atoms with Gasteiger partial charge in [0.25, 0.3) is 0 Å². The first-order valence-electron chi connectivity index (χ1n) is 40.9. The van der Waals surface area contributed by atoms with Crippen LogP contribution in [0.4, 0.5) is 0 Å². The van der Waals surface area contributed by atoms with Gasteiger partial charge in [-0.1, -0.05) is 351 Å². The number of hydrogen-bond donors (Lipinski definition) is 9. The Hall–Kier alpha value is -2.05. The summed E-state index contributed by atoms with van der Waals surface area (Å²) in [5.74, 6) is -0.242. The van der Waals surface area contributed by atoms with Crippen molar-refractivity contribution in [1.82, 2.24) is 5.32 Å². The number of nitrogens with one attached hydrogen (secondary N) is 1. The topological polar surface area (TPSA) is 228 Å². The summed E-state index contributed by atoms with van der Waals surface area (Å²) in [7, 11) is 0. The molecule has 0 saturated carbocycles. The smallest absolute Gasteiger partial charge is 0.220 e. The van der Waals surface area contributed by atoms with E-state index in [1.54, 1.807) is 6.08 Å². The van der Waals surface area contributed by atoms with Gasteiger partial charge < -0.3 is 65.1 Å². The van der Waals surface area contributed by atoms with E-state index in [4.69, 9.17) is 18.9 Å². The molecule has 2 aliphatic heterocycles. The number of carbonyl (C=O) groups excluding carboxylic acids is 1. The second kappa shape index (κ2) is 66.2. The largest absolute Gasteiger partial charge is 0.394 e. The third kappa shape index (κ3) is 48.7. The summed E-state index contributed by atoms with van der Waals surface area (Å²) < 4.78 is 22.9. The van der Waals surface area contributed by atoms with Crippen molar-refractivity contribution >= 4 is 5.91 Å². The molecule has 0 spiro atoms. The van der Waals surface area contributed by atoms with Gasteiger partial charge >= 0.3 is 0 Å². The zero-order valence-corrected chi connectivity index (χ0v) is 61.9. The summed E-state index contributed by atoms with van der Waals surface area (Å²) in [6, 6.07) is -0.933. The lowest BCUT2D eigenvalue weighted by molar-refractivity contribution is -0.359. The van der Waals surface area contributed by atoms with E-state index in [2.05, 4.69) is 55.6 Å². The van der Waals surface area contributed by atoms with Crippen LogP contribution in [0.15, 0.2) is 48.6 Å². The predicted octanol–water partition coefficient (Wildman–Crippen LogP) is 18.6. The standard InChI is InChI=1S/C82H153NO13/c1-3-5-7-9-11-13-15-17-19-21-23-25-27-29-31-33-35-37-39-41-43-45-47-49-51-53-55-57-59-61-63-65-71(86)70(69-93-81-79(92)77(90)80(73(68-85)95-81)96-82-78(91)76(89)75(88)72(67-84)94-82)83-74(87)66-64-62-60-58-56-54-52-50-48-46-44-42-40-38-36-34-32-30-28-26-24-22-20-18-16-14-12-10-8-6-4-2/h16,18,22,24,55,57,63,65,70-73,75-82,84-86,88-92H,3-15,17,19-21,23,25-54,56,58-62,64,66-69H2,1-2H3,(H,83,87)/b18-16-,24-22-,57-55+,65-63+. The van der Waals surface area contributed by atoms with Crippen LogP contribution in [0, 0.1) is 0 Å². The Balaban J connectivity index is 1.62. The van der Waals surface area contributed by atoms with E-state index in [1.165, 1.54) is 302 Å². The zero-order chi connectivity index (χ0) is 69.4. The second-order valence-corrected chi connectivity index (χ2v) is 28.9. The molecule has 2 saturated heterocycles. The Kier molecular flexibility index (Phi) is 62.1. The minimum absolute atomic E-state index is 0.242. The normalized spacial score (nSPS) is 22.4. The number of aliphatic hydroxyl groups is 8. The Bertz CT molecular complexity index is 1800. The number of ether oxygens (including phenoxy) is 4. The Morgan fingerprint density at radius 2 is 0.698 bits per heavy atom. The molecule has 96 heavy (non-hydrogen) atoms. The third-order valence-electron chi connectivity index (χ3n) is 20.0. The fourth-order valence-corrected chi connectivity index (χ4v) is 13.5. The molecular formula is C82H153NO13. The van der Waals surface area contributed by atoms with Crippen molar-refractivity contribution in [2.75, 3.05) is 19.8 Å². The van der Waals surface area contributed by atoms with Crippen LogP contribution in [0.25, 0.3) is 0 Å². The van der Waals surface area contributed by atoms with E-state index in [0.29, 0.717) is 12.8 Å². The Morgan fingerprint density at radius 3 is 1.08 bits per heavy atom. The lowest BCUT2D eigenvalue weighted by atomic mass is 9.97. The van der Waals surface area contributed by atoms with Crippen LogP contribution in [0.3, 0.4) is 0 Å². The summed E-state index contributed by atoms with van der Waals surface area (Å²) >= 11 is 0. The Morgan fingerprint density at radius 1 is 0.375 bits per heavy atom. The summed E-state index contributed by atoms with van der Waals surface area (Å²) in [5, 5.41) is 87.7. The lowest BCUT2D eigenvalue weighted by Crippen LogP contribution is -2.65. The minimum Gasteiger partial charge on any atom is -0.394 e. The fourth-order valence-electron chi connectivity index (χ4n) is 13.5. The maximum atomic E-state index is 13.4. The third-order valence-corrected chi connectivity index (χ3v) is 20.0. The van der Waals surface area contributed by atoms with Gasteiger partial charge in [0, 0.05) is 6.42 Å². The van der Waals surface area contributed by atoms with Crippen molar-refractivity contribution in [2.24, 2.45) is 0 Å². The fraction of sp³-hybridized carbons (Fsp3) is 0.890. The van der Waals surface area contributed by atoms with Crippen LogP contribution in [0.1, 0.15) is 373 Å². The lowest BCUT2D eigenvalue weighted by Gasteiger charge is -2.46. The van der Waals surface area contributed by atoms with Crippen molar-refractivity contribution in [3.8, 4) is 0 Å². The number of unbranched alkanes of at least 4 members (excludes halogenated alkanes) is 50. The van der Waals surface area contributed by atoms with Crippen molar-refractivity contribution < 1.29 is 64.6 Å².